The van der Waals surface area contributed by atoms with Gasteiger partial charge in [-0.05, 0) is 12.8 Å². The van der Waals surface area contributed by atoms with E-state index in [1.807, 2.05) is 0 Å². The lowest BCUT2D eigenvalue weighted by atomic mass is 10.0. The predicted molar refractivity (Wildman–Crippen MR) is 180 cm³/mol. The number of hydrogen-bond donors (Lipinski definition) is 0. The van der Waals surface area contributed by atoms with E-state index in [1.165, 1.54) is 206 Å². The Kier molecular flexibility index (Phi) is 28.9. The Hall–Kier alpha value is -0.850. The maximum atomic E-state index is 2.55. The first-order valence-corrected chi connectivity index (χ1v) is 18.9. The van der Waals surface area contributed by atoms with E-state index in [1.54, 1.807) is 5.69 Å². The smallest absolute Gasteiger partial charge is 0.181 e. The lowest BCUT2D eigenvalue weighted by Crippen LogP contribution is -2.37. The highest BCUT2D eigenvalue weighted by molar-refractivity contribution is 4.97. The van der Waals surface area contributed by atoms with Crippen LogP contribution in [0.3, 0.4) is 0 Å². The Balaban J connectivity index is 1.90. The Bertz CT molecular complexity index is 556. The number of aryl methyl sites for hydroxylation is 2. The van der Waals surface area contributed by atoms with Gasteiger partial charge < -0.3 is 0 Å². The SMILES string of the molecule is CCCCCCCCCCCCCCCCCc1cccc[n+]1CCCCCCCCCCCCCCCCC. The molecule has 0 aliphatic heterocycles. The van der Waals surface area contributed by atoms with E-state index >= 15 is 0 Å². The van der Waals surface area contributed by atoms with E-state index < -0.39 is 0 Å². The van der Waals surface area contributed by atoms with Crippen molar-refractivity contribution >= 4 is 0 Å². The van der Waals surface area contributed by atoms with Crippen molar-refractivity contribution in [3.63, 3.8) is 0 Å². The number of pyridine rings is 1. The lowest BCUT2D eigenvalue weighted by Gasteiger charge is -2.06. The summed E-state index contributed by atoms with van der Waals surface area (Å²) in [6, 6.07) is 6.83. The van der Waals surface area contributed by atoms with Gasteiger partial charge in [0.05, 0.1) is 0 Å². The quantitative estimate of drug-likeness (QED) is 0.0613. The van der Waals surface area contributed by atoms with Crippen molar-refractivity contribution in [2.24, 2.45) is 0 Å². The molecule has 0 N–H and O–H groups in total. The highest BCUT2D eigenvalue weighted by Gasteiger charge is 2.09. The van der Waals surface area contributed by atoms with Crippen LogP contribution in [0.15, 0.2) is 24.4 Å². The van der Waals surface area contributed by atoms with Gasteiger partial charge in [0, 0.05) is 25.0 Å². The molecule has 0 aliphatic rings. The zero-order chi connectivity index (χ0) is 28.6. The molecule has 1 rings (SSSR count). The van der Waals surface area contributed by atoms with Gasteiger partial charge in [0.2, 0.25) is 0 Å². The van der Waals surface area contributed by atoms with Gasteiger partial charge in [-0.2, -0.15) is 0 Å². The van der Waals surface area contributed by atoms with Gasteiger partial charge in [0.15, 0.2) is 11.9 Å². The topological polar surface area (TPSA) is 3.88 Å². The Morgan fingerprint density at radius 3 is 1.07 bits per heavy atom. The van der Waals surface area contributed by atoms with Crippen LogP contribution in [0.1, 0.15) is 212 Å². The van der Waals surface area contributed by atoms with E-state index in [0.717, 1.165) is 0 Å². The molecule has 1 heterocycles. The second-order valence-electron chi connectivity index (χ2n) is 13.0. The molecule has 40 heavy (non-hydrogen) atoms. The minimum Gasteiger partial charge on any atom is -0.202 e. The van der Waals surface area contributed by atoms with E-state index in [9.17, 15) is 0 Å². The van der Waals surface area contributed by atoms with Gasteiger partial charge >= 0.3 is 0 Å². The molecule has 1 aromatic rings. The number of hydrogen-bond acceptors (Lipinski definition) is 0. The summed E-state index contributed by atoms with van der Waals surface area (Å²) >= 11 is 0. The molecule has 0 bridgehead atoms. The van der Waals surface area contributed by atoms with Crippen molar-refractivity contribution in [2.45, 2.75) is 219 Å². The monoisotopic (exact) mass is 557 g/mol. The van der Waals surface area contributed by atoms with Crippen LogP contribution in [0.5, 0.6) is 0 Å². The predicted octanol–water partition coefficient (Wildman–Crippen LogP) is 13.3. The highest BCUT2D eigenvalue weighted by atomic mass is 14.9. The van der Waals surface area contributed by atoms with Gasteiger partial charge in [0.1, 0.15) is 6.54 Å². The van der Waals surface area contributed by atoms with Crippen molar-refractivity contribution in [3.05, 3.63) is 30.1 Å². The average molecular weight is 557 g/mol. The molecule has 1 aromatic heterocycles. The molecule has 0 aromatic carbocycles. The standard InChI is InChI=1S/C39H74N/c1-3-5-7-9-11-13-15-17-19-21-23-25-27-29-31-35-39-36-32-34-38-40(39)37-33-30-28-26-24-22-20-18-16-14-12-10-8-6-4-2/h32,34,36,38H,3-31,33,35,37H2,1-2H3/q+1. The number of unbranched alkanes of at least 4 members (excludes halogenated alkanes) is 28. The third-order valence-corrected chi connectivity index (χ3v) is 9.07. The van der Waals surface area contributed by atoms with Crippen LogP contribution in [-0.4, -0.2) is 0 Å². The summed E-state index contributed by atoms with van der Waals surface area (Å²) < 4.78 is 2.55. The maximum Gasteiger partial charge on any atom is 0.181 e. The molecule has 1 nitrogen and oxygen atoms in total. The van der Waals surface area contributed by atoms with Crippen LogP contribution in [-0.2, 0) is 13.0 Å². The van der Waals surface area contributed by atoms with Crippen molar-refractivity contribution in [1.82, 2.24) is 0 Å². The normalized spacial score (nSPS) is 11.4. The fraction of sp³-hybridized carbons (Fsp3) is 0.872. The van der Waals surface area contributed by atoms with Gasteiger partial charge in [-0.3, -0.25) is 0 Å². The first-order valence-electron chi connectivity index (χ1n) is 18.9. The molecule has 0 fully saturated rings. The van der Waals surface area contributed by atoms with Gasteiger partial charge in [0.25, 0.3) is 0 Å². The molecular weight excluding hydrogens is 482 g/mol. The lowest BCUT2D eigenvalue weighted by molar-refractivity contribution is -0.704. The second-order valence-corrected chi connectivity index (χ2v) is 13.0. The molecule has 0 unspecified atom stereocenters. The second kappa shape index (κ2) is 31.1. The zero-order valence-electron chi connectivity index (χ0n) is 27.9. The molecular formula is C39H74N+. The van der Waals surface area contributed by atoms with E-state index in [2.05, 4.69) is 42.8 Å². The first-order chi connectivity index (χ1) is 19.9. The summed E-state index contributed by atoms with van der Waals surface area (Å²) in [5.74, 6) is 0. The summed E-state index contributed by atoms with van der Waals surface area (Å²) in [4.78, 5) is 0. The number of rotatable bonds is 32. The summed E-state index contributed by atoms with van der Waals surface area (Å²) in [6.07, 6.45) is 46.9. The maximum absolute atomic E-state index is 2.55. The van der Waals surface area contributed by atoms with Crippen LogP contribution in [0, 0.1) is 0 Å². The van der Waals surface area contributed by atoms with Crippen molar-refractivity contribution in [2.75, 3.05) is 0 Å². The van der Waals surface area contributed by atoms with Gasteiger partial charge in [-0.1, -0.05) is 193 Å². The van der Waals surface area contributed by atoms with Crippen molar-refractivity contribution in [3.8, 4) is 0 Å². The summed E-state index contributed by atoms with van der Waals surface area (Å²) in [5, 5.41) is 0. The Morgan fingerprint density at radius 2 is 0.700 bits per heavy atom. The fourth-order valence-electron chi connectivity index (χ4n) is 6.29. The number of aromatic nitrogens is 1. The van der Waals surface area contributed by atoms with E-state index in [4.69, 9.17) is 0 Å². The van der Waals surface area contributed by atoms with E-state index in [0.29, 0.717) is 0 Å². The molecule has 1 heteroatoms. The fourth-order valence-corrected chi connectivity index (χ4v) is 6.29. The van der Waals surface area contributed by atoms with Crippen LogP contribution < -0.4 is 4.57 Å². The summed E-state index contributed by atoms with van der Waals surface area (Å²) in [7, 11) is 0. The number of nitrogens with zero attached hydrogens (tertiary/aromatic N) is 1. The third-order valence-electron chi connectivity index (χ3n) is 9.07. The van der Waals surface area contributed by atoms with Crippen LogP contribution in [0.2, 0.25) is 0 Å². The van der Waals surface area contributed by atoms with Crippen LogP contribution in [0.4, 0.5) is 0 Å². The van der Waals surface area contributed by atoms with Crippen molar-refractivity contribution < 1.29 is 4.57 Å². The molecule has 234 valence electrons. The minimum atomic E-state index is 1.22. The minimum absolute atomic E-state index is 1.22. The molecule has 0 saturated carbocycles. The van der Waals surface area contributed by atoms with Crippen molar-refractivity contribution in [1.29, 1.82) is 0 Å². The third kappa shape index (κ3) is 24.9. The molecule has 0 radical (unpaired) electrons. The molecule has 0 saturated heterocycles. The van der Waals surface area contributed by atoms with E-state index in [-0.39, 0.29) is 0 Å². The highest BCUT2D eigenvalue weighted by Crippen LogP contribution is 2.15. The zero-order valence-corrected chi connectivity index (χ0v) is 27.9. The first kappa shape index (κ1) is 37.2. The molecule has 0 amide bonds. The molecule has 0 atom stereocenters. The summed E-state index contributed by atoms with van der Waals surface area (Å²) in [5.41, 5.74) is 1.56. The van der Waals surface area contributed by atoms with Crippen LogP contribution in [0.25, 0.3) is 0 Å². The largest absolute Gasteiger partial charge is 0.202 e. The Labute approximate surface area is 253 Å². The molecule has 0 aliphatic carbocycles. The van der Waals surface area contributed by atoms with Crippen LogP contribution >= 0.6 is 0 Å². The van der Waals surface area contributed by atoms with Gasteiger partial charge in [-0.25, -0.2) is 4.57 Å². The Morgan fingerprint density at radius 1 is 0.375 bits per heavy atom. The van der Waals surface area contributed by atoms with Gasteiger partial charge in [-0.15, -0.1) is 0 Å². The summed E-state index contributed by atoms with van der Waals surface area (Å²) in [6.45, 7) is 5.83. The average Bonchev–Trinajstić information content (AvgIpc) is 2.97. The molecule has 0 spiro atoms.